The van der Waals surface area contributed by atoms with Gasteiger partial charge in [-0.15, -0.1) is 0 Å². The summed E-state index contributed by atoms with van der Waals surface area (Å²) in [6, 6.07) is 1.53. The van der Waals surface area contributed by atoms with Crippen LogP contribution in [0.2, 0.25) is 0 Å². The fraction of sp³-hybridized carbons (Fsp3) is 0.200. The first-order chi connectivity index (χ1) is 8.58. The molecule has 1 N–H and O–H groups in total. The van der Waals surface area contributed by atoms with Crippen LogP contribution in [0.15, 0.2) is 29.1 Å². The number of esters is 1. The average Bonchev–Trinajstić information content (AvgIpc) is 2.94. The Bertz CT molecular complexity index is 553. The zero-order valence-electron chi connectivity index (χ0n) is 8.94. The van der Waals surface area contributed by atoms with Gasteiger partial charge in [-0.2, -0.15) is 8.78 Å². The minimum atomic E-state index is -2.71. The second kappa shape index (κ2) is 5.30. The van der Waals surface area contributed by atoms with Crippen molar-refractivity contribution in [2.45, 2.75) is 13.2 Å². The number of hydrogen-bond acceptors (Lipinski definition) is 3. The predicted molar refractivity (Wildman–Crippen MR) is 61.1 cm³/mol. The molecule has 0 aliphatic heterocycles. The highest BCUT2D eigenvalue weighted by Crippen LogP contribution is 2.15. The molecule has 0 spiro atoms. The van der Waals surface area contributed by atoms with Crippen LogP contribution in [0.1, 0.15) is 22.9 Å². The van der Waals surface area contributed by atoms with E-state index in [0.717, 1.165) is 6.20 Å². The number of H-pyrrole nitrogens is 1. The number of aromatic nitrogens is 3. The van der Waals surface area contributed by atoms with Gasteiger partial charge in [-0.25, -0.2) is 9.78 Å². The number of rotatable bonds is 4. The van der Waals surface area contributed by atoms with Crippen molar-refractivity contribution < 1.29 is 18.3 Å². The normalized spacial score (nSPS) is 10.9. The van der Waals surface area contributed by atoms with E-state index in [-0.39, 0.29) is 18.1 Å². The number of nitrogens with zero attached hydrogens (tertiary/aromatic N) is 2. The van der Waals surface area contributed by atoms with Gasteiger partial charge in [0.2, 0.25) is 0 Å². The van der Waals surface area contributed by atoms with E-state index in [1.54, 1.807) is 6.20 Å². The number of nitrogens with one attached hydrogen (secondary N) is 1. The van der Waals surface area contributed by atoms with Crippen LogP contribution in [-0.4, -0.2) is 20.5 Å². The molecule has 2 heterocycles. The van der Waals surface area contributed by atoms with Gasteiger partial charge < -0.3 is 9.72 Å². The molecule has 0 aliphatic rings. The number of ether oxygens (including phenoxy) is 1. The molecule has 0 saturated carbocycles. The Kier molecular flexibility index (Phi) is 3.75. The standard InChI is InChI=1S/C10H8BrF2N3O2/c11-6-3-7(15-4-6)9(17)18-5-8-14-1-2-16(8)10(12)13/h1-4,10,15H,5H2. The third-order valence-corrected chi connectivity index (χ3v) is 2.62. The van der Waals surface area contributed by atoms with Crippen LogP contribution in [0, 0.1) is 0 Å². The SMILES string of the molecule is O=C(OCc1nccn1C(F)F)c1cc(Br)c[nH]1. The van der Waals surface area contributed by atoms with Gasteiger partial charge in [-0.05, 0) is 22.0 Å². The van der Waals surface area contributed by atoms with Crippen molar-refractivity contribution in [3.63, 3.8) is 0 Å². The first-order valence-electron chi connectivity index (χ1n) is 4.89. The molecule has 0 bridgehead atoms. The molecule has 96 valence electrons. The number of imidazole rings is 1. The summed E-state index contributed by atoms with van der Waals surface area (Å²) in [5.74, 6) is -0.645. The topological polar surface area (TPSA) is 59.9 Å². The first-order valence-corrected chi connectivity index (χ1v) is 5.68. The number of halogens is 3. The minimum Gasteiger partial charge on any atom is -0.453 e. The second-order valence-electron chi connectivity index (χ2n) is 3.34. The summed E-state index contributed by atoms with van der Waals surface area (Å²) in [4.78, 5) is 17.9. The molecule has 2 rings (SSSR count). The molecular weight excluding hydrogens is 312 g/mol. The average molecular weight is 320 g/mol. The van der Waals surface area contributed by atoms with Gasteiger partial charge in [-0.3, -0.25) is 4.57 Å². The quantitative estimate of drug-likeness (QED) is 0.881. The Morgan fingerprint density at radius 1 is 1.61 bits per heavy atom. The van der Waals surface area contributed by atoms with Gasteiger partial charge in [0.25, 0.3) is 0 Å². The molecule has 2 aromatic heterocycles. The molecular formula is C10H8BrF2N3O2. The van der Waals surface area contributed by atoms with Gasteiger partial charge in [0, 0.05) is 23.1 Å². The minimum absolute atomic E-state index is 0.0102. The molecule has 0 unspecified atom stereocenters. The van der Waals surface area contributed by atoms with Crippen molar-refractivity contribution in [1.82, 2.24) is 14.5 Å². The van der Waals surface area contributed by atoms with Gasteiger partial charge in [0.05, 0.1) is 0 Å². The van der Waals surface area contributed by atoms with E-state index < -0.39 is 12.5 Å². The molecule has 0 atom stereocenters. The summed E-state index contributed by atoms with van der Waals surface area (Å²) in [5, 5.41) is 0. The van der Waals surface area contributed by atoms with Crippen LogP contribution >= 0.6 is 15.9 Å². The zero-order valence-corrected chi connectivity index (χ0v) is 10.5. The Hall–Kier alpha value is -1.70. The lowest BCUT2D eigenvalue weighted by molar-refractivity contribution is 0.0371. The lowest BCUT2D eigenvalue weighted by atomic mass is 10.4. The van der Waals surface area contributed by atoms with E-state index in [1.807, 2.05) is 0 Å². The third-order valence-electron chi connectivity index (χ3n) is 2.16. The molecule has 0 aromatic carbocycles. The molecule has 0 radical (unpaired) electrons. The van der Waals surface area contributed by atoms with E-state index in [4.69, 9.17) is 4.74 Å². The molecule has 2 aromatic rings. The zero-order chi connectivity index (χ0) is 13.1. The summed E-state index contributed by atoms with van der Waals surface area (Å²) in [6.07, 6.45) is 3.91. The Morgan fingerprint density at radius 3 is 3.00 bits per heavy atom. The van der Waals surface area contributed by atoms with E-state index in [1.165, 1.54) is 12.3 Å². The van der Waals surface area contributed by atoms with E-state index in [9.17, 15) is 13.6 Å². The number of hydrogen-bond donors (Lipinski definition) is 1. The Morgan fingerprint density at radius 2 is 2.39 bits per heavy atom. The van der Waals surface area contributed by atoms with Gasteiger partial charge >= 0.3 is 12.5 Å². The van der Waals surface area contributed by atoms with Gasteiger partial charge in [0.15, 0.2) is 5.82 Å². The monoisotopic (exact) mass is 319 g/mol. The van der Waals surface area contributed by atoms with Crippen molar-refractivity contribution in [2.24, 2.45) is 0 Å². The van der Waals surface area contributed by atoms with Crippen molar-refractivity contribution in [2.75, 3.05) is 0 Å². The molecule has 8 heteroatoms. The summed E-state index contributed by atoms with van der Waals surface area (Å²) in [6.45, 7) is -3.02. The van der Waals surface area contributed by atoms with Crippen molar-refractivity contribution in [3.05, 3.63) is 40.6 Å². The van der Waals surface area contributed by atoms with Crippen molar-refractivity contribution in [1.29, 1.82) is 0 Å². The van der Waals surface area contributed by atoms with Crippen LogP contribution in [0.25, 0.3) is 0 Å². The fourth-order valence-corrected chi connectivity index (χ4v) is 1.67. The molecule has 0 amide bonds. The Balaban J connectivity index is 1.99. The van der Waals surface area contributed by atoms with Crippen molar-refractivity contribution >= 4 is 21.9 Å². The van der Waals surface area contributed by atoms with Crippen LogP contribution < -0.4 is 0 Å². The second-order valence-corrected chi connectivity index (χ2v) is 4.25. The maximum Gasteiger partial charge on any atom is 0.355 e. The highest BCUT2D eigenvalue weighted by atomic mass is 79.9. The number of aromatic amines is 1. The van der Waals surface area contributed by atoms with E-state index in [0.29, 0.717) is 9.04 Å². The molecule has 0 saturated heterocycles. The number of alkyl halides is 2. The van der Waals surface area contributed by atoms with Gasteiger partial charge in [-0.1, -0.05) is 0 Å². The summed E-state index contributed by atoms with van der Waals surface area (Å²) >= 11 is 3.17. The van der Waals surface area contributed by atoms with Crippen LogP contribution in [-0.2, 0) is 11.3 Å². The molecule has 18 heavy (non-hydrogen) atoms. The van der Waals surface area contributed by atoms with Crippen LogP contribution in [0.4, 0.5) is 8.78 Å². The molecule has 0 fully saturated rings. The first kappa shape index (κ1) is 12.7. The molecule has 0 aliphatic carbocycles. The van der Waals surface area contributed by atoms with Crippen LogP contribution in [0.3, 0.4) is 0 Å². The maximum atomic E-state index is 12.5. The highest BCUT2D eigenvalue weighted by molar-refractivity contribution is 9.10. The molecule has 5 nitrogen and oxygen atoms in total. The maximum absolute atomic E-state index is 12.5. The smallest absolute Gasteiger partial charge is 0.355 e. The summed E-state index contributed by atoms with van der Waals surface area (Å²) in [7, 11) is 0. The number of carbonyl (C=O) groups is 1. The predicted octanol–water partition coefficient (Wildman–Crippen LogP) is 2.73. The fourth-order valence-electron chi connectivity index (χ4n) is 1.33. The van der Waals surface area contributed by atoms with Gasteiger partial charge in [0.1, 0.15) is 12.3 Å². The van der Waals surface area contributed by atoms with Crippen LogP contribution in [0.5, 0.6) is 0 Å². The van der Waals surface area contributed by atoms with E-state index >= 15 is 0 Å². The van der Waals surface area contributed by atoms with Crippen molar-refractivity contribution in [3.8, 4) is 0 Å². The van der Waals surface area contributed by atoms with E-state index in [2.05, 4.69) is 25.9 Å². The Labute approximate surface area is 109 Å². The lowest BCUT2D eigenvalue weighted by Gasteiger charge is -2.06. The third kappa shape index (κ3) is 2.76. The number of carbonyl (C=O) groups excluding carboxylic acids is 1. The summed E-state index contributed by atoms with van der Waals surface area (Å²) < 4.78 is 31.2. The summed E-state index contributed by atoms with van der Waals surface area (Å²) in [5.41, 5.74) is 0.233. The lowest BCUT2D eigenvalue weighted by Crippen LogP contribution is -2.10. The largest absolute Gasteiger partial charge is 0.453 e. The highest BCUT2D eigenvalue weighted by Gasteiger charge is 2.14.